The highest BCUT2D eigenvalue weighted by atomic mass is 32.2. The van der Waals surface area contributed by atoms with Gasteiger partial charge in [0, 0.05) is 26.2 Å². The topological polar surface area (TPSA) is 107 Å². The number of sulfonamides is 1. The van der Waals surface area contributed by atoms with Gasteiger partial charge in [0.25, 0.3) is 5.91 Å². The fourth-order valence-electron chi connectivity index (χ4n) is 3.25. The van der Waals surface area contributed by atoms with Crippen molar-refractivity contribution in [2.75, 3.05) is 39.4 Å². The standard InChI is InChI=1S/C18H27N5O5S/c1-4-14-12-21(9-10-27-14)18(24)13-28-23-17-11-15(7-8-16(17)19-20-23)29(25,26)22(5-2)6-3/h7-8,11,14H,4-6,9-10,12-13H2,1-3H3. The van der Waals surface area contributed by atoms with Crippen LogP contribution in [0.1, 0.15) is 27.2 Å². The summed E-state index contributed by atoms with van der Waals surface area (Å²) in [6, 6.07) is 4.54. The predicted octanol–water partition coefficient (Wildman–Crippen LogP) is 0.528. The van der Waals surface area contributed by atoms with Gasteiger partial charge in [-0.25, -0.2) is 8.42 Å². The summed E-state index contributed by atoms with van der Waals surface area (Å²) in [5.41, 5.74) is 0.868. The Morgan fingerprint density at radius 1 is 1.31 bits per heavy atom. The second-order valence-electron chi connectivity index (χ2n) is 6.72. The number of nitrogens with zero attached hydrogens (tertiary/aromatic N) is 5. The maximum absolute atomic E-state index is 12.8. The molecule has 1 amide bonds. The summed E-state index contributed by atoms with van der Waals surface area (Å²) < 4.78 is 32.5. The van der Waals surface area contributed by atoms with Crippen LogP contribution in [-0.4, -0.2) is 84.2 Å². The molecule has 1 aliphatic heterocycles. The normalized spacial score (nSPS) is 17.8. The number of hydrogen-bond acceptors (Lipinski definition) is 7. The van der Waals surface area contributed by atoms with Crippen molar-refractivity contribution in [3.63, 3.8) is 0 Å². The molecule has 1 aliphatic rings. The molecule has 160 valence electrons. The Kier molecular flexibility index (Phi) is 6.70. The Bertz CT molecular complexity index is 957. The van der Waals surface area contributed by atoms with Crippen LogP contribution in [0.25, 0.3) is 11.0 Å². The Morgan fingerprint density at radius 3 is 2.76 bits per heavy atom. The third-order valence-electron chi connectivity index (χ3n) is 4.99. The van der Waals surface area contributed by atoms with Crippen molar-refractivity contribution < 1.29 is 22.8 Å². The van der Waals surface area contributed by atoms with Crippen molar-refractivity contribution >= 4 is 27.0 Å². The minimum absolute atomic E-state index is 0.0349. The van der Waals surface area contributed by atoms with Crippen LogP contribution in [0.3, 0.4) is 0 Å². The molecule has 1 saturated heterocycles. The molecule has 0 radical (unpaired) electrons. The van der Waals surface area contributed by atoms with Crippen molar-refractivity contribution in [2.45, 2.75) is 38.2 Å². The number of hydrogen-bond donors (Lipinski definition) is 0. The molecule has 0 aliphatic carbocycles. The zero-order chi connectivity index (χ0) is 21.0. The number of rotatable bonds is 8. The lowest BCUT2D eigenvalue weighted by molar-refractivity contribution is -0.144. The molecule has 0 spiro atoms. The smallest absolute Gasteiger partial charge is 0.263 e. The minimum atomic E-state index is -3.62. The molecule has 2 aromatic rings. The maximum Gasteiger partial charge on any atom is 0.263 e. The minimum Gasteiger partial charge on any atom is -0.385 e. The van der Waals surface area contributed by atoms with E-state index in [0.29, 0.717) is 43.8 Å². The third-order valence-corrected chi connectivity index (χ3v) is 7.03. The summed E-state index contributed by atoms with van der Waals surface area (Å²) in [5.74, 6) is -0.178. The van der Waals surface area contributed by atoms with E-state index < -0.39 is 10.0 Å². The molecular formula is C18H27N5O5S. The lowest BCUT2D eigenvalue weighted by Crippen LogP contribution is -2.47. The van der Waals surface area contributed by atoms with Gasteiger partial charge < -0.3 is 14.5 Å². The number of fused-ring (bicyclic) bond motifs is 1. The van der Waals surface area contributed by atoms with E-state index >= 15 is 0 Å². The molecule has 10 nitrogen and oxygen atoms in total. The largest absolute Gasteiger partial charge is 0.385 e. The van der Waals surface area contributed by atoms with E-state index in [9.17, 15) is 13.2 Å². The number of carbonyl (C=O) groups is 1. The second kappa shape index (κ2) is 9.06. The van der Waals surface area contributed by atoms with E-state index in [0.717, 1.165) is 11.3 Å². The van der Waals surface area contributed by atoms with Gasteiger partial charge in [-0.05, 0) is 29.8 Å². The molecule has 1 atom stereocenters. The van der Waals surface area contributed by atoms with Gasteiger partial charge in [-0.15, -0.1) is 5.10 Å². The first-order valence-electron chi connectivity index (χ1n) is 9.78. The lowest BCUT2D eigenvalue weighted by Gasteiger charge is -2.32. The molecule has 11 heteroatoms. The van der Waals surface area contributed by atoms with Gasteiger partial charge in [0.2, 0.25) is 10.0 Å². The van der Waals surface area contributed by atoms with Crippen LogP contribution in [0.15, 0.2) is 23.1 Å². The molecule has 1 unspecified atom stereocenters. The second-order valence-corrected chi connectivity index (χ2v) is 8.65. The van der Waals surface area contributed by atoms with E-state index in [1.807, 2.05) is 6.92 Å². The van der Waals surface area contributed by atoms with Crippen LogP contribution in [0.5, 0.6) is 0 Å². The summed E-state index contributed by atoms with van der Waals surface area (Å²) in [4.78, 5) is 20.9. The molecule has 3 rings (SSSR count). The number of benzene rings is 1. The van der Waals surface area contributed by atoms with Crippen LogP contribution in [0, 0.1) is 0 Å². The number of aromatic nitrogens is 3. The van der Waals surface area contributed by atoms with Gasteiger partial charge in [0.15, 0.2) is 6.61 Å². The molecule has 1 fully saturated rings. The number of carbonyl (C=O) groups excluding carboxylic acids is 1. The third kappa shape index (κ3) is 4.51. The van der Waals surface area contributed by atoms with Gasteiger partial charge in [-0.2, -0.15) is 4.31 Å². The number of amides is 1. The number of ether oxygens (including phenoxy) is 1. The first kappa shape index (κ1) is 21.5. The van der Waals surface area contributed by atoms with Crippen molar-refractivity contribution in [1.82, 2.24) is 24.4 Å². The zero-order valence-corrected chi connectivity index (χ0v) is 17.8. The Balaban J connectivity index is 1.76. The van der Waals surface area contributed by atoms with E-state index in [1.54, 1.807) is 24.8 Å². The monoisotopic (exact) mass is 425 g/mol. The van der Waals surface area contributed by atoms with Crippen molar-refractivity contribution in [2.24, 2.45) is 0 Å². The van der Waals surface area contributed by atoms with Crippen LogP contribution in [-0.2, 0) is 19.6 Å². The molecule has 1 aromatic carbocycles. The van der Waals surface area contributed by atoms with E-state index in [4.69, 9.17) is 9.57 Å². The molecule has 0 N–H and O–H groups in total. The van der Waals surface area contributed by atoms with Crippen LogP contribution >= 0.6 is 0 Å². The fraction of sp³-hybridized carbons (Fsp3) is 0.611. The highest BCUT2D eigenvalue weighted by Gasteiger charge is 2.25. The molecule has 2 heterocycles. The highest BCUT2D eigenvalue weighted by molar-refractivity contribution is 7.89. The lowest BCUT2D eigenvalue weighted by atomic mass is 10.2. The van der Waals surface area contributed by atoms with Gasteiger partial charge >= 0.3 is 0 Å². The van der Waals surface area contributed by atoms with Gasteiger partial charge in [-0.1, -0.05) is 25.6 Å². The van der Waals surface area contributed by atoms with Gasteiger partial charge in [0.05, 0.1) is 17.6 Å². The molecule has 1 aromatic heterocycles. The average Bonchev–Trinajstić information content (AvgIpc) is 3.15. The SMILES string of the molecule is CCC1CN(C(=O)COn2nnc3ccc(S(=O)(=O)N(CC)CC)cc32)CCO1. The molecule has 0 saturated carbocycles. The zero-order valence-electron chi connectivity index (χ0n) is 16.9. The van der Waals surface area contributed by atoms with E-state index in [2.05, 4.69) is 10.3 Å². The summed E-state index contributed by atoms with van der Waals surface area (Å²) in [5, 5.41) is 7.87. The Hall–Kier alpha value is -2.24. The predicted molar refractivity (Wildman–Crippen MR) is 106 cm³/mol. The molecule has 29 heavy (non-hydrogen) atoms. The van der Waals surface area contributed by atoms with Crippen LogP contribution in [0.2, 0.25) is 0 Å². The van der Waals surface area contributed by atoms with Gasteiger partial charge in [-0.3, -0.25) is 4.79 Å². The van der Waals surface area contributed by atoms with Crippen LogP contribution < -0.4 is 4.84 Å². The first-order chi connectivity index (χ1) is 13.9. The van der Waals surface area contributed by atoms with E-state index in [1.165, 1.54) is 16.4 Å². The highest BCUT2D eigenvalue weighted by Crippen LogP contribution is 2.20. The Morgan fingerprint density at radius 2 is 2.07 bits per heavy atom. The van der Waals surface area contributed by atoms with Crippen molar-refractivity contribution in [3.05, 3.63) is 18.2 Å². The van der Waals surface area contributed by atoms with Gasteiger partial charge in [0.1, 0.15) is 11.0 Å². The molecule has 0 bridgehead atoms. The maximum atomic E-state index is 12.8. The average molecular weight is 426 g/mol. The summed E-state index contributed by atoms with van der Waals surface area (Å²) in [6.07, 6.45) is 0.870. The number of morpholine rings is 1. The van der Waals surface area contributed by atoms with E-state index in [-0.39, 0.29) is 23.5 Å². The van der Waals surface area contributed by atoms with Crippen LogP contribution in [0.4, 0.5) is 0 Å². The fourth-order valence-corrected chi connectivity index (χ4v) is 4.73. The quantitative estimate of drug-likeness (QED) is 0.607. The molecular weight excluding hydrogens is 398 g/mol. The Labute approximate surface area is 170 Å². The first-order valence-corrected chi connectivity index (χ1v) is 11.2. The summed E-state index contributed by atoms with van der Waals surface area (Å²) >= 11 is 0. The van der Waals surface area contributed by atoms with Crippen molar-refractivity contribution in [1.29, 1.82) is 0 Å². The summed E-state index contributed by atoms with van der Waals surface area (Å²) in [7, 11) is -3.62. The van der Waals surface area contributed by atoms with Crippen molar-refractivity contribution in [3.8, 4) is 0 Å². The summed E-state index contributed by atoms with van der Waals surface area (Å²) in [6.45, 7) is 7.66.